The second-order valence-corrected chi connectivity index (χ2v) is 11.4. The topological polar surface area (TPSA) is 164 Å². The quantitative estimate of drug-likeness (QED) is 0.0879. The summed E-state index contributed by atoms with van der Waals surface area (Å²) in [6.07, 6.45) is -8.21. The molecule has 0 spiro atoms. The van der Waals surface area contributed by atoms with Crippen LogP contribution in [0.1, 0.15) is 51.9 Å². The van der Waals surface area contributed by atoms with Crippen molar-refractivity contribution in [3.8, 4) is 11.5 Å². The predicted molar refractivity (Wildman–Crippen MR) is 179 cm³/mol. The zero-order valence-electron chi connectivity index (χ0n) is 26.7. The van der Waals surface area contributed by atoms with Crippen molar-refractivity contribution in [1.82, 2.24) is 0 Å². The number of para-hydroxylation sites is 2. The number of aliphatic hydroxyl groups excluding tert-OH is 1. The molecule has 6 aromatic rings. The van der Waals surface area contributed by atoms with Gasteiger partial charge >= 0.3 is 23.4 Å². The fraction of sp³-hybridized carbons (Fsp3) is 0.158. The number of halogens is 3. The third-order valence-corrected chi connectivity index (χ3v) is 7.81. The predicted octanol–water partition coefficient (Wildman–Crippen LogP) is 6.74. The van der Waals surface area contributed by atoms with Gasteiger partial charge in [0.05, 0.1) is 27.5 Å². The van der Waals surface area contributed by atoms with E-state index in [4.69, 9.17) is 13.9 Å². The van der Waals surface area contributed by atoms with Crippen molar-refractivity contribution in [2.24, 2.45) is 0 Å². The van der Waals surface area contributed by atoms with Gasteiger partial charge in [-0.15, -0.1) is 0 Å². The van der Waals surface area contributed by atoms with Crippen molar-refractivity contribution in [1.29, 1.82) is 0 Å². The number of hydrogen-bond donors (Lipinski definition) is 3. The van der Waals surface area contributed by atoms with Crippen LogP contribution in [0.5, 0.6) is 11.5 Å². The van der Waals surface area contributed by atoms with Crippen molar-refractivity contribution in [2.75, 3.05) is 0 Å². The molecule has 0 amide bonds. The number of aliphatic hydroxyl groups is 1. The van der Waals surface area contributed by atoms with E-state index in [2.05, 4.69) is 4.74 Å². The lowest BCUT2D eigenvalue weighted by atomic mass is 9.87. The summed E-state index contributed by atoms with van der Waals surface area (Å²) in [5.41, 5.74) is 0.410. The average molecular weight is 703 g/mol. The van der Waals surface area contributed by atoms with E-state index in [9.17, 15) is 42.6 Å². The number of ether oxygens (including phenoxy) is 1. The minimum Gasteiger partial charge on any atom is -0.507 e. The molecule has 3 N–H and O–H groups in total. The Morgan fingerprint density at radius 1 is 0.745 bits per heavy atom. The molecule has 0 bridgehead atoms. The Labute approximate surface area is 286 Å². The summed E-state index contributed by atoms with van der Waals surface area (Å²) in [5.74, 6) is -2.31. The third-order valence-electron chi connectivity index (χ3n) is 7.81. The summed E-state index contributed by atoms with van der Waals surface area (Å²) in [5, 5.41) is 30.5. The summed E-state index contributed by atoms with van der Waals surface area (Å²) in [6, 6.07) is 27.6. The minimum absolute atomic E-state index is 0.00141. The molecule has 13 heteroatoms. The van der Waals surface area contributed by atoms with Gasteiger partial charge in [0, 0.05) is 18.8 Å². The Morgan fingerprint density at radius 2 is 1.27 bits per heavy atom. The fourth-order valence-corrected chi connectivity index (χ4v) is 5.34. The summed E-state index contributed by atoms with van der Waals surface area (Å²) in [6.45, 7) is 1.47. The Kier molecular flexibility index (Phi) is 10.7. The molecule has 51 heavy (non-hydrogen) atoms. The van der Waals surface area contributed by atoms with Gasteiger partial charge in [0.2, 0.25) is 0 Å². The Balaban J connectivity index is 0.000000201. The minimum atomic E-state index is -5.09. The Bertz CT molecular complexity index is 2310. The largest absolute Gasteiger partial charge is 0.507 e. The number of carbonyl (C=O) groups is 2. The van der Waals surface area contributed by atoms with Crippen LogP contribution >= 0.6 is 0 Å². The van der Waals surface area contributed by atoms with Crippen LogP contribution in [-0.4, -0.2) is 39.5 Å². The summed E-state index contributed by atoms with van der Waals surface area (Å²) in [7, 11) is 0. The molecule has 2 aromatic heterocycles. The lowest BCUT2D eigenvalue weighted by Crippen LogP contribution is -2.33. The molecule has 2 atom stereocenters. The smallest absolute Gasteiger partial charge is 0.452 e. The highest BCUT2D eigenvalue weighted by Gasteiger charge is 2.42. The van der Waals surface area contributed by atoms with E-state index in [0.717, 1.165) is 5.56 Å². The lowest BCUT2D eigenvalue weighted by Gasteiger charge is -2.17. The molecule has 0 aliphatic carbocycles. The fourth-order valence-electron chi connectivity index (χ4n) is 5.34. The summed E-state index contributed by atoms with van der Waals surface area (Å²) in [4.78, 5) is 47.8. The number of Topliss-reactive ketones (excluding diaryl/α,β-unsaturated/α-hetero) is 1. The first-order chi connectivity index (χ1) is 24.2. The first-order valence-electron chi connectivity index (χ1n) is 15.3. The molecule has 0 aliphatic rings. The molecule has 0 fully saturated rings. The van der Waals surface area contributed by atoms with Crippen LogP contribution < -0.4 is 11.3 Å². The molecule has 6 rings (SSSR count). The molecular formula is C38H29F3O10. The number of rotatable bonds is 8. The number of fused-ring (bicyclic) bond motifs is 2. The van der Waals surface area contributed by atoms with Crippen molar-refractivity contribution in [3.05, 3.63) is 152 Å². The molecular weight excluding hydrogens is 673 g/mol. The first kappa shape index (κ1) is 36.1. The van der Waals surface area contributed by atoms with E-state index < -0.39 is 35.6 Å². The van der Waals surface area contributed by atoms with Crippen LogP contribution in [0.3, 0.4) is 0 Å². The van der Waals surface area contributed by atoms with Crippen molar-refractivity contribution in [3.63, 3.8) is 0 Å². The number of carbonyl (C=O) groups excluding carboxylic acids is 2. The molecule has 10 nitrogen and oxygen atoms in total. The number of benzene rings is 4. The Morgan fingerprint density at radius 3 is 1.84 bits per heavy atom. The number of esters is 1. The summed E-state index contributed by atoms with van der Waals surface area (Å²) >= 11 is 0. The summed E-state index contributed by atoms with van der Waals surface area (Å²) < 4.78 is 51.1. The maximum Gasteiger partial charge on any atom is 0.452 e. The molecule has 0 saturated heterocycles. The number of alkyl halides is 3. The molecule has 2 heterocycles. The molecule has 0 saturated carbocycles. The van der Waals surface area contributed by atoms with Gasteiger partial charge in [-0.2, -0.15) is 13.2 Å². The number of hydrogen-bond acceptors (Lipinski definition) is 10. The van der Waals surface area contributed by atoms with Gasteiger partial charge in [0.25, 0.3) is 6.29 Å². The second-order valence-electron chi connectivity index (χ2n) is 11.4. The highest BCUT2D eigenvalue weighted by atomic mass is 19.4. The van der Waals surface area contributed by atoms with E-state index >= 15 is 0 Å². The highest BCUT2D eigenvalue weighted by Crippen LogP contribution is 2.36. The van der Waals surface area contributed by atoms with E-state index in [0.29, 0.717) is 21.9 Å². The third kappa shape index (κ3) is 8.33. The maximum absolute atomic E-state index is 12.4. The lowest BCUT2D eigenvalue weighted by molar-refractivity contribution is -0.274. The van der Waals surface area contributed by atoms with Gasteiger partial charge in [0.15, 0.2) is 0 Å². The highest BCUT2D eigenvalue weighted by molar-refractivity contribution is 5.89. The van der Waals surface area contributed by atoms with Crippen LogP contribution in [0.25, 0.3) is 21.9 Å². The zero-order chi connectivity index (χ0) is 36.9. The van der Waals surface area contributed by atoms with Crippen LogP contribution in [0, 0.1) is 0 Å². The molecule has 262 valence electrons. The van der Waals surface area contributed by atoms with Gasteiger partial charge in [0.1, 0.15) is 28.4 Å². The first-order valence-corrected chi connectivity index (χ1v) is 15.3. The van der Waals surface area contributed by atoms with Gasteiger partial charge in [-0.05, 0) is 54.4 Å². The van der Waals surface area contributed by atoms with Gasteiger partial charge in [-0.25, -0.2) is 14.4 Å². The maximum atomic E-state index is 12.4. The van der Waals surface area contributed by atoms with E-state index in [1.165, 1.54) is 37.3 Å². The molecule has 4 aromatic carbocycles. The van der Waals surface area contributed by atoms with E-state index in [1.54, 1.807) is 42.5 Å². The van der Waals surface area contributed by atoms with E-state index in [1.807, 2.05) is 30.3 Å². The van der Waals surface area contributed by atoms with E-state index in [-0.39, 0.29) is 52.4 Å². The molecule has 1 unspecified atom stereocenters. The van der Waals surface area contributed by atoms with Gasteiger partial charge in [-0.3, -0.25) is 4.79 Å². The van der Waals surface area contributed by atoms with Crippen LogP contribution in [0.4, 0.5) is 13.2 Å². The standard InChI is InChI=1S/C19H13F3O6.C19H16O4/c20-19(21,22)18(26)28-16(24)11-7-5-10(6-8-11)9-13-15(23)12-3-1-2-4-14(12)27-17(13)25;1-12(20)11-15(13-7-3-2-4-8-13)17-18(21)14-9-5-6-10-16(14)23-19(17)22/h1-8,18,23,26H,9H2;2-10,15,21H,11H2,1H3/t18-;/m1./s1. The average Bonchev–Trinajstić information content (AvgIpc) is 3.10. The zero-order valence-corrected chi connectivity index (χ0v) is 26.7. The molecule has 0 radical (unpaired) electrons. The molecule has 0 aliphatic heterocycles. The Hall–Kier alpha value is -6.21. The second kappa shape index (κ2) is 15.1. The van der Waals surface area contributed by atoms with Crippen LogP contribution in [0.2, 0.25) is 0 Å². The monoisotopic (exact) mass is 702 g/mol. The van der Waals surface area contributed by atoms with Gasteiger partial charge < -0.3 is 28.9 Å². The number of aromatic hydroxyl groups is 2. The van der Waals surface area contributed by atoms with Crippen LogP contribution in [-0.2, 0) is 16.0 Å². The van der Waals surface area contributed by atoms with Crippen molar-refractivity contribution in [2.45, 2.75) is 38.1 Å². The SMILES string of the molecule is CC(=O)CC(c1ccccc1)c1c(O)c2ccccc2oc1=O.O=C(O[C@@H](O)C(F)(F)F)c1ccc(Cc2c(O)c3ccccc3oc2=O)cc1. The number of ketones is 1. The van der Waals surface area contributed by atoms with Crippen molar-refractivity contribution < 1.29 is 51.7 Å². The van der Waals surface area contributed by atoms with Gasteiger partial charge in [-0.1, -0.05) is 66.7 Å². The van der Waals surface area contributed by atoms with Crippen molar-refractivity contribution >= 4 is 33.7 Å². The van der Waals surface area contributed by atoms with Crippen LogP contribution in [0.15, 0.2) is 122 Å². The normalized spacial score (nSPS) is 12.5.